The van der Waals surface area contributed by atoms with Crippen LogP contribution < -0.4 is 10.5 Å². The van der Waals surface area contributed by atoms with Crippen LogP contribution in [0.15, 0.2) is 12.1 Å². The monoisotopic (exact) mass is 304 g/mol. The van der Waals surface area contributed by atoms with E-state index in [9.17, 15) is 0 Å². The smallest absolute Gasteiger partial charge is 0.214 e. The molecule has 114 valence electrons. The number of fused-ring (bicyclic) bond motifs is 2. The third kappa shape index (κ3) is 2.15. The molecule has 3 unspecified atom stereocenters. The van der Waals surface area contributed by atoms with E-state index in [1.165, 1.54) is 12.8 Å². The van der Waals surface area contributed by atoms with Gasteiger partial charge in [-0.2, -0.15) is 0 Å². The SMILES string of the molecule is Cc1cc(C(N)=S)cc(OC2CC3CCC2(C)C3(C)C)n1. The van der Waals surface area contributed by atoms with Gasteiger partial charge in [0, 0.05) is 22.7 Å². The second-order valence-electron chi connectivity index (χ2n) is 7.42. The Kier molecular flexibility index (Phi) is 3.28. The zero-order chi connectivity index (χ0) is 15.4. The lowest BCUT2D eigenvalue weighted by Gasteiger charge is -2.38. The molecular weight excluding hydrogens is 280 g/mol. The van der Waals surface area contributed by atoms with Gasteiger partial charge in [0.25, 0.3) is 0 Å². The van der Waals surface area contributed by atoms with Crippen LogP contribution in [-0.4, -0.2) is 16.1 Å². The summed E-state index contributed by atoms with van der Waals surface area (Å²) in [6.45, 7) is 9.09. The van der Waals surface area contributed by atoms with Crippen molar-refractivity contribution in [1.29, 1.82) is 0 Å². The Balaban J connectivity index is 1.87. The van der Waals surface area contributed by atoms with Crippen LogP contribution in [0.4, 0.5) is 0 Å². The average Bonchev–Trinajstić information content (AvgIpc) is 2.71. The lowest BCUT2D eigenvalue weighted by Crippen LogP contribution is -2.39. The Hall–Kier alpha value is -1.16. The van der Waals surface area contributed by atoms with E-state index in [-0.39, 0.29) is 11.5 Å². The number of aryl methyl sites for hydroxylation is 1. The van der Waals surface area contributed by atoms with Crippen LogP contribution in [0.3, 0.4) is 0 Å². The lowest BCUT2D eigenvalue weighted by molar-refractivity contribution is 0.0272. The Morgan fingerprint density at radius 1 is 1.38 bits per heavy atom. The zero-order valence-corrected chi connectivity index (χ0v) is 14.1. The molecule has 4 heteroatoms. The van der Waals surface area contributed by atoms with Crippen molar-refractivity contribution < 1.29 is 4.74 Å². The van der Waals surface area contributed by atoms with E-state index in [4.69, 9.17) is 22.7 Å². The van der Waals surface area contributed by atoms with E-state index in [1.807, 2.05) is 19.1 Å². The van der Waals surface area contributed by atoms with Crippen LogP contribution in [0.1, 0.15) is 51.3 Å². The second-order valence-corrected chi connectivity index (χ2v) is 7.86. The summed E-state index contributed by atoms with van der Waals surface area (Å²) in [5, 5.41) is 0. The Labute approximate surface area is 132 Å². The van der Waals surface area contributed by atoms with E-state index in [0.717, 1.165) is 23.6 Å². The van der Waals surface area contributed by atoms with Crippen molar-refractivity contribution in [3.8, 4) is 5.88 Å². The maximum Gasteiger partial charge on any atom is 0.214 e. The Bertz CT molecular complexity index is 598. The predicted octanol–water partition coefficient (Wildman–Crippen LogP) is 3.62. The molecule has 0 aliphatic heterocycles. The van der Waals surface area contributed by atoms with Crippen LogP contribution >= 0.6 is 12.2 Å². The summed E-state index contributed by atoms with van der Waals surface area (Å²) >= 11 is 5.07. The van der Waals surface area contributed by atoms with E-state index < -0.39 is 0 Å². The first-order chi connectivity index (χ1) is 9.74. The van der Waals surface area contributed by atoms with Crippen LogP contribution in [0.2, 0.25) is 0 Å². The molecule has 2 saturated carbocycles. The summed E-state index contributed by atoms with van der Waals surface area (Å²) < 4.78 is 6.29. The number of rotatable bonds is 3. The molecule has 2 aliphatic rings. The van der Waals surface area contributed by atoms with Gasteiger partial charge in [-0.1, -0.05) is 33.0 Å². The van der Waals surface area contributed by atoms with E-state index in [2.05, 4.69) is 25.8 Å². The van der Waals surface area contributed by atoms with Gasteiger partial charge in [0.2, 0.25) is 5.88 Å². The fourth-order valence-corrected chi connectivity index (χ4v) is 4.41. The minimum Gasteiger partial charge on any atom is -0.474 e. The highest BCUT2D eigenvalue weighted by Crippen LogP contribution is 2.66. The molecule has 2 N–H and O–H groups in total. The van der Waals surface area contributed by atoms with Gasteiger partial charge in [-0.25, -0.2) is 4.98 Å². The summed E-state index contributed by atoms with van der Waals surface area (Å²) in [6, 6.07) is 3.78. The van der Waals surface area contributed by atoms with Gasteiger partial charge in [0.05, 0.1) is 0 Å². The summed E-state index contributed by atoms with van der Waals surface area (Å²) in [7, 11) is 0. The molecule has 0 saturated heterocycles. The number of nitrogens with two attached hydrogens (primary N) is 1. The molecule has 1 aromatic rings. The van der Waals surface area contributed by atoms with Crippen molar-refractivity contribution in [2.75, 3.05) is 0 Å². The highest BCUT2D eigenvalue weighted by atomic mass is 32.1. The van der Waals surface area contributed by atoms with Gasteiger partial charge in [-0.3, -0.25) is 0 Å². The van der Waals surface area contributed by atoms with Crippen molar-refractivity contribution in [3.63, 3.8) is 0 Å². The third-order valence-corrected chi connectivity index (χ3v) is 6.43. The van der Waals surface area contributed by atoms with Gasteiger partial charge >= 0.3 is 0 Å². The summed E-state index contributed by atoms with van der Waals surface area (Å²) in [4.78, 5) is 4.90. The van der Waals surface area contributed by atoms with E-state index in [1.54, 1.807) is 0 Å². The second kappa shape index (κ2) is 4.67. The number of nitrogens with zero attached hydrogens (tertiary/aromatic N) is 1. The first kappa shape index (κ1) is 14.8. The molecule has 1 heterocycles. The molecule has 2 aliphatic carbocycles. The Morgan fingerprint density at radius 2 is 2.10 bits per heavy atom. The summed E-state index contributed by atoms with van der Waals surface area (Å²) in [6.07, 6.45) is 3.92. The normalized spacial score (nSPS) is 33.1. The molecular formula is C17H24N2OS. The van der Waals surface area contributed by atoms with Crippen molar-refractivity contribution in [2.45, 2.75) is 53.1 Å². The standard InChI is InChI=1S/C17H24N2OS/c1-10-7-11(15(18)21)8-14(19-10)20-13-9-12-5-6-17(13,4)16(12,2)3/h7-8,12-13H,5-6,9H2,1-4H3,(H2,18,21). The largest absolute Gasteiger partial charge is 0.474 e. The molecule has 1 aromatic heterocycles. The van der Waals surface area contributed by atoms with Crippen LogP contribution in [0.5, 0.6) is 5.88 Å². The van der Waals surface area contributed by atoms with Gasteiger partial charge in [0.15, 0.2) is 0 Å². The summed E-state index contributed by atoms with van der Waals surface area (Å²) in [5.74, 6) is 1.42. The first-order valence-electron chi connectivity index (χ1n) is 7.69. The Morgan fingerprint density at radius 3 is 2.62 bits per heavy atom. The molecule has 3 atom stereocenters. The third-order valence-electron chi connectivity index (χ3n) is 6.19. The van der Waals surface area contributed by atoms with Gasteiger partial charge in [-0.05, 0) is 43.6 Å². The number of hydrogen-bond acceptors (Lipinski definition) is 3. The molecule has 3 nitrogen and oxygen atoms in total. The fourth-order valence-electron chi connectivity index (χ4n) is 4.29. The number of thiocarbonyl (C=S) groups is 1. The number of hydrogen-bond donors (Lipinski definition) is 1. The molecule has 21 heavy (non-hydrogen) atoms. The zero-order valence-electron chi connectivity index (χ0n) is 13.3. The van der Waals surface area contributed by atoms with E-state index in [0.29, 0.717) is 16.3 Å². The molecule has 0 spiro atoms. The quantitative estimate of drug-likeness (QED) is 0.867. The van der Waals surface area contributed by atoms with Crippen LogP contribution in [-0.2, 0) is 0 Å². The highest BCUT2D eigenvalue weighted by molar-refractivity contribution is 7.80. The van der Waals surface area contributed by atoms with Crippen LogP contribution in [0.25, 0.3) is 0 Å². The number of pyridine rings is 1. The molecule has 0 aromatic carbocycles. The van der Waals surface area contributed by atoms with Crippen molar-refractivity contribution in [2.24, 2.45) is 22.5 Å². The highest BCUT2D eigenvalue weighted by Gasteiger charge is 2.62. The van der Waals surface area contributed by atoms with Crippen molar-refractivity contribution >= 4 is 17.2 Å². The maximum atomic E-state index is 6.29. The molecule has 3 rings (SSSR count). The molecule has 0 radical (unpaired) electrons. The average molecular weight is 304 g/mol. The lowest BCUT2D eigenvalue weighted by atomic mass is 9.70. The van der Waals surface area contributed by atoms with Crippen LogP contribution in [0, 0.1) is 23.7 Å². The topological polar surface area (TPSA) is 48.1 Å². The minimum atomic E-state index is 0.229. The first-order valence-corrected chi connectivity index (χ1v) is 8.10. The molecule has 2 bridgehead atoms. The number of ether oxygens (including phenoxy) is 1. The fraction of sp³-hybridized carbons (Fsp3) is 0.647. The maximum absolute atomic E-state index is 6.29. The van der Waals surface area contributed by atoms with Gasteiger partial charge < -0.3 is 10.5 Å². The number of aromatic nitrogens is 1. The predicted molar refractivity (Wildman–Crippen MR) is 88.5 cm³/mol. The van der Waals surface area contributed by atoms with Crippen molar-refractivity contribution in [3.05, 3.63) is 23.4 Å². The molecule has 2 fully saturated rings. The summed E-state index contributed by atoms with van der Waals surface area (Å²) in [5.41, 5.74) is 8.03. The van der Waals surface area contributed by atoms with Gasteiger partial charge in [0.1, 0.15) is 11.1 Å². The minimum absolute atomic E-state index is 0.229. The van der Waals surface area contributed by atoms with Gasteiger partial charge in [-0.15, -0.1) is 0 Å². The molecule has 0 amide bonds. The van der Waals surface area contributed by atoms with Crippen molar-refractivity contribution in [1.82, 2.24) is 4.98 Å². The van der Waals surface area contributed by atoms with E-state index >= 15 is 0 Å².